The van der Waals surface area contributed by atoms with Crippen molar-refractivity contribution in [3.63, 3.8) is 0 Å². The van der Waals surface area contributed by atoms with Crippen LogP contribution in [0.2, 0.25) is 0 Å². The third kappa shape index (κ3) is 7.60. The number of hydrogen-bond donors (Lipinski definition) is 2. The first-order valence-corrected chi connectivity index (χ1v) is 9.78. The standard InChI is InChI=1S/C21H33N5O2/c1-17-14-18(2)26(25-17)11-6-10-23-21(22-3)24-16-19-8-5-9-20(15-19)28-13-7-12-27-4/h5,8-9,14-15H,6-7,10-13,16H2,1-4H3,(H2,22,23,24). The van der Waals surface area contributed by atoms with Gasteiger partial charge in [-0.15, -0.1) is 0 Å². The Morgan fingerprint density at radius 1 is 1.14 bits per heavy atom. The van der Waals surface area contributed by atoms with Gasteiger partial charge in [-0.3, -0.25) is 9.67 Å². The molecule has 1 aromatic carbocycles. The minimum atomic E-state index is 0.656. The zero-order valence-electron chi connectivity index (χ0n) is 17.5. The number of guanidine groups is 1. The number of aryl methyl sites for hydroxylation is 3. The van der Waals surface area contributed by atoms with Crippen molar-refractivity contribution in [1.82, 2.24) is 20.4 Å². The van der Waals surface area contributed by atoms with Crippen molar-refractivity contribution in [2.24, 2.45) is 4.99 Å². The maximum absolute atomic E-state index is 5.75. The van der Waals surface area contributed by atoms with Crippen LogP contribution in [0, 0.1) is 13.8 Å². The molecule has 0 aliphatic heterocycles. The maximum atomic E-state index is 5.75. The van der Waals surface area contributed by atoms with E-state index >= 15 is 0 Å². The normalized spacial score (nSPS) is 11.5. The van der Waals surface area contributed by atoms with E-state index in [2.05, 4.69) is 45.8 Å². The lowest BCUT2D eigenvalue weighted by Crippen LogP contribution is -2.37. The number of aliphatic imine (C=N–C) groups is 1. The van der Waals surface area contributed by atoms with Crippen LogP contribution in [-0.2, 0) is 17.8 Å². The van der Waals surface area contributed by atoms with Crippen molar-refractivity contribution in [3.8, 4) is 5.75 Å². The average molecular weight is 388 g/mol. The summed E-state index contributed by atoms with van der Waals surface area (Å²) in [6.45, 7) is 7.89. The molecule has 0 saturated heterocycles. The van der Waals surface area contributed by atoms with Crippen LogP contribution < -0.4 is 15.4 Å². The van der Waals surface area contributed by atoms with E-state index in [-0.39, 0.29) is 0 Å². The van der Waals surface area contributed by atoms with Crippen LogP contribution in [-0.4, -0.2) is 49.7 Å². The molecule has 0 aliphatic carbocycles. The average Bonchev–Trinajstić information content (AvgIpc) is 3.02. The molecule has 0 atom stereocenters. The molecule has 154 valence electrons. The Kier molecular flexibility index (Phi) is 9.34. The summed E-state index contributed by atoms with van der Waals surface area (Å²) in [6.07, 6.45) is 1.86. The van der Waals surface area contributed by atoms with Gasteiger partial charge >= 0.3 is 0 Å². The molecule has 0 radical (unpaired) electrons. The Balaban J connectivity index is 1.70. The molecule has 0 aliphatic rings. The van der Waals surface area contributed by atoms with E-state index in [0.29, 0.717) is 19.8 Å². The van der Waals surface area contributed by atoms with Crippen molar-refractivity contribution in [2.75, 3.05) is 33.9 Å². The zero-order chi connectivity index (χ0) is 20.2. The van der Waals surface area contributed by atoms with Gasteiger partial charge in [-0.25, -0.2) is 0 Å². The Morgan fingerprint density at radius 3 is 2.71 bits per heavy atom. The number of ether oxygens (including phenoxy) is 2. The fourth-order valence-corrected chi connectivity index (χ4v) is 2.88. The lowest BCUT2D eigenvalue weighted by Gasteiger charge is -2.13. The fraction of sp³-hybridized carbons (Fsp3) is 0.524. The highest BCUT2D eigenvalue weighted by Gasteiger charge is 2.02. The molecule has 2 aromatic rings. The fourth-order valence-electron chi connectivity index (χ4n) is 2.88. The van der Waals surface area contributed by atoms with E-state index in [9.17, 15) is 0 Å². The lowest BCUT2D eigenvalue weighted by atomic mass is 10.2. The number of aromatic nitrogens is 2. The Bertz CT molecular complexity index is 742. The molecule has 0 amide bonds. The lowest BCUT2D eigenvalue weighted by molar-refractivity contribution is 0.172. The van der Waals surface area contributed by atoms with Gasteiger partial charge in [-0.05, 0) is 44.0 Å². The van der Waals surface area contributed by atoms with Crippen LogP contribution in [0.4, 0.5) is 0 Å². The van der Waals surface area contributed by atoms with Crippen molar-refractivity contribution >= 4 is 5.96 Å². The Morgan fingerprint density at radius 2 is 2.00 bits per heavy atom. The second kappa shape index (κ2) is 12.0. The number of methoxy groups -OCH3 is 1. The molecule has 2 N–H and O–H groups in total. The van der Waals surface area contributed by atoms with Gasteiger partial charge in [0.05, 0.1) is 12.3 Å². The SMILES string of the molecule is CN=C(NCCCn1nc(C)cc1C)NCc1cccc(OCCCOC)c1. The van der Waals surface area contributed by atoms with Gasteiger partial charge in [0.1, 0.15) is 5.75 Å². The molecule has 7 nitrogen and oxygen atoms in total. The highest BCUT2D eigenvalue weighted by atomic mass is 16.5. The summed E-state index contributed by atoms with van der Waals surface area (Å²) in [4.78, 5) is 4.29. The summed E-state index contributed by atoms with van der Waals surface area (Å²) in [5.41, 5.74) is 3.41. The van der Waals surface area contributed by atoms with Gasteiger partial charge in [0, 0.05) is 52.5 Å². The quantitative estimate of drug-likeness (QED) is 0.352. The van der Waals surface area contributed by atoms with Crippen molar-refractivity contribution in [3.05, 3.63) is 47.3 Å². The van der Waals surface area contributed by atoms with E-state index in [1.54, 1.807) is 14.2 Å². The molecular weight excluding hydrogens is 354 g/mol. The smallest absolute Gasteiger partial charge is 0.191 e. The minimum Gasteiger partial charge on any atom is -0.493 e. The molecule has 2 rings (SSSR count). The van der Waals surface area contributed by atoms with Gasteiger partial charge in [0.15, 0.2) is 5.96 Å². The molecule has 1 heterocycles. The number of hydrogen-bond acceptors (Lipinski definition) is 4. The van der Waals surface area contributed by atoms with Crippen LogP contribution in [0.1, 0.15) is 29.8 Å². The van der Waals surface area contributed by atoms with Gasteiger partial charge < -0.3 is 20.1 Å². The summed E-state index contributed by atoms with van der Waals surface area (Å²) in [6, 6.07) is 10.2. The second-order valence-corrected chi connectivity index (χ2v) is 6.70. The van der Waals surface area contributed by atoms with Crippen LogP contribution >= 0.6 is 0 Å². The predicted octanol–water partition coefficient (Wildman–Crippen LogP) is 2.67. The molecule has 0 saturated carbocycles. The zero-order valence-corrected chi connectivity index (χ0v) is 17.5. The monoisotopic (exact) mass is 387 g/mol. The third-order valence-corrected chi connectivity index (χ3v) is 4.29. The maximum Gasteiger partial charge on any atom is 0.191 e. The van der Waals surface area contributed by atoms with E-state index in [4.69, 9.17) is 9.47 Å². The van der Waals surface area contributed by atoms with Gasteiger partial charge in [0.2, 0.25) is 0 Å². The largest absolute Gasteiger partial charge is 0.493 e. The first-order valence-electron chi connectivity index (χ1n) is 9.78. The van der Waals surface area contributed by atoms with Gasteiger partial charge in [-0.1, -0.05) is 12.1 Å². The molecule has 28 heavy (non-hydrogen) atoms. The third-order valence-electron chi connectivity index (χ3n) is 4.29. The van der Waals surface area contributed by atoms with Crippen LogP contribution in [0.15, 0.2) is 35.3 Å². The van der Waals surface area contributed by atoms with Crippen LogP contribution in [0.3, 0.4) is 0 Å². The number of rotatable bonds is 11. The van der Waals surface area contributed by atoms with E-state index < -0.39 is 0 Å². The van der Waals surface area contributed by atoms with Crippen LogP contribution in [0.25, 0.3) is 0 Å². The molecule has 0 fully saturated rings. The van der Waals surface area contributed by atoms with Gasteiger partial charge in [0.25, 0.3) is 0 Å². The van der Waals surface area contributed by atoms with Crippen molar-refractivity contribution < 1.29 is 9.47 Å². The first-order chi connectivity index (χ1) is 13.6. The van der Waals surface area contributed by atoms with E-state index in [1.807, 2.05) is 23.7 Å². The molecule has 1 aromatic heterocycles. The number of nitrogens with zero attached hydrogens (tertiary/aromatic N) is 3. The molecule has 0 unspecified atom stereocenters. The summed E-state index contributed by atoms with van der Waals surface area (Å²) >= 11 is 0. The molecule has 7 heteroatoms. The van der Waals surface area contributed by atoms with Crippen molar-refractivity contribution in [1.29, 1.82) is 0 Å². The topological polar surface area (TPSA) is 72.7 Å². The van der Waals surface area contributed by atoms with E-state index in [0.717, 1.165) is 48.9 Å². The summed E-state index contributed by atoms with van der Waals surface area (Å²) in [5, 5.41) is 11.2. The van der Waals surface area contributed by atoms with Crippen molar-refractivity contribution in [2.45, 2.75) is 39.8 Å². The molecule has 0 spiro atoms. The first kappa shape index (κ1) is 21.8. The molecular formula is C21H33N5O2. The summed E-state index contributed by atoms with van der Waals surface area (Å²) in [7, 11) is 3.48. The number of nitrogens with one attached hydrogen (secondary N) is 2. The highest BCUT2D eigenvalue weighted by Crippen LogP contribution is 2.13. The van der Waals surface area contributed by atoms with Gasteiger partial charge in [-0.2, -0.15) is 5.10 Å². The summed E-state index contributed by atoms with van der Waals surface area (Å²) in [5.74, 6) is 1.67. The Hall–Kier alpha value is -2.54. The number of benzene rings is 1. The van der Waals surface area contributed by atoms with Crippen LogP contribution in [0.5, 0.6) is 5.75 Å². The predicted molar refractivity (Wildman–Crippen MR) is 113 cm³/mol. The summed E-state index contributed by atoms with van der Waals surface area (Å²) < 4.78 is 12.8. The highest BCUT2D eigenvalue weighted by molar-refractivity contribution is 5.79. The molecule has 0 bridgehead atoms. The van der Waals surface area contributed by atoms with E-state index in [1.165, 1.54) is 5.69 Å². The minimum absolute atomic E-state index is 0.656. The Labute approximate surface area is 168 Å². The second-order valence-electron chi connectivity index (χ2n) is 6.70.